The summed E-state index contributed by atoms with van der Waals surface area (Å²) in [5.41, 5.74) is -0.349. The fourth-order valence-electron chi connectivity index (χ4n) is 2.27. The predicted molar refractivity (Wildman–Crippen MR) is 84.2 cm³/mol. The largest absolute Gasteiger partial charge is 0.475 e. The van der Waals surface area contributed by atoms with Gasteiger partial charge in [0.05, 0.1) is 10.5 Å². The molecule has 4 nitrogen and oxygen atoms in total. The van der Waals surface area contributed by atoms with Crippen molar-refractivity contribution in [1.29, 1.82) is 0 Å². The molecular weight excluding hydrogens is 367 g/mol. The molecule has 24 heavy (non-hydrogen) atoms. The highest BCUT2D eigenvalue weighted by Gasteiger charge is 2.32. The Bertz CT molecular complexity index is 813. The van der Waals surface area contributed by atoms with Crippen molar-refractivity contribution in [2.24, 2.45) is 0 Å². The number of hydrogen-bond donors (Lipinski definition) is 0. The molecule has 0 aliphatic carbocycles. The van der Waals surface area contributed by atoms with E-state index in [0.717, 1.165) is 12.1 Å². The highest BCUT2D eigenvalue weighted by molar-refractivity contribution is 7.98. The topological polar surface area (TPSA) is 52.4 Å². The summed E-state index contributed by atoms with van der Waals surface area (Å²) in [5, 5.41) is 10.7. The summed E-state index contributed by atoms with van der Waals surface area (Å²) in [4.78, 5) is 10.3. The third-order valence-electron chi connectivity index (χ3n) is 3.46. The van der Waals surface area contributed by atoms with Gasteiger partial charge >= 0.3 is 6.18 Å². The van der Waals surface area contributed by atoms with Crippen molar-refractivity contribution in [3.63, 3.8) is 0 Å². The van der Waals surface area contributed by atoms with Gasteiger partial charge in [-0.15, -0.1) is 11.8 Å². The van der Waals surface area contributed by atoms with Gasteiger partial charge in [-0.2, -0.15) is 13.2 Å². The van der Waals surface area contributed by atoms with E-state index in [1.807, 2.05) is 0 Å². The van der Waals surface area contributed by atoms with E-state index < -0.39 is 22.1 Å². The second-order valence-corrected chi connectivity index (χ2v) is 6.50. The lowest BCUT2D eigenvalue weighted by Gasteiger charge is -2.26. The van der Waals surface area contributed by atoms with Crippen LogP contribution in [0, 0.1) is 10.1 Å². The molecular formula is C15H9ClF3NO3S. The average Bonchev–Trinajstić information content (AvgIpc) is 2.52. The lowest BCUT2D eigenvalue weighted by Crippen LogP contribution is -2.12. The maximum Gasteiger partial charge on any atom is 0.416 e. The number of nitro benzene ring substituents is 1. The number of non-ortho nitro benzene ring substituents is 1. The summed E-state index contributed by atoms with van der Waals surface area (Å²) < 4.78 is 43.8. The third-order valence-corrected chi connectivity index (χ3v) is 4.92. The number of fused-ring (bicyclic) bond motifs is 1. The molecule has 0 bridgehead atoms. The normalized spacial score (nSPS) is 17.1. The van der Waals surface area contributed by atoms with E-state index >= 15 is 0 Å². The van der Waals surface area contributed by atoms with Gasteiger partial charge in [0.15, 0.2) is 5.44 Å². The summed E-state index contributed by atoms with van der Waals surface area (Å²) in [6.45, 7) is 0. The zero-order valence-electron chi connectivity index (χ0n) is 11.8. The van der Waals surface area contributed by atoms with Crippen molar-refractivity contribution >= 4 is 29.1 Å². The Kier molecular flexibility index (Phi) is 4.35. The number of thioether (sulfide) groups is 1. The van der Waals surface area contributed by atoms with Gasteiger partial charge in [-0.05, 0) is 18.2 Å². The van der Waals surface area contributed by atoms with Crippen molar-refractivity contribution in [3.8, 4) is 5.75 Å². The van der Waals surface area contributed by atoms with Crippen molar-refractivity contribution in [1.82, 2.24) is 0 Å². The maximum absolute atomic E-state index is 12.7. The number of ether oxygens (including phenoxy) is 1. The summed E-state index contributed by atoms with van der Waals surface area (Å²) in [7, 11) is 0. The molecule has 0 fully saturated rings. The zero-order valence-corrected chi connectivity index (χ0v) is 13.4. The van der Waals surface area contributed by atoms with E-state index in [1.165, 1.54) is 36.0 Å². The summed E-state index contributed by atoms with van der Waals surface area (Å²) in [5.74, 6) is 0.888. The smallest absolute Gasteiger partial charge is 0.416 e. The van der Waals surface area contributed by atoms with E-state index in [-0.39, 0.29) is 10.7 Å². The van der Waals surface area contributed by atoms with Gasteiger partial charge < -0.3 is 4.74 Å². The number of alkyl halides is 3. The molecule has 3 rings (SSSR count). The van der Waals surface area contributed by atoms with E-state index in [4.69, 9.17) is 16.3 Å². The number of halogens is 4. The molecule has 1 atom stereocenters. The molecule has 2 aromatic rings. The molecule has 0 spiro atoms. The van der Waals surface area contributed by atoms with Crippen molar-refractivity contribution in [3.05, 3.63) is 68.2 Å². The van der Waals surface area contributed by atoms with Crippen molar-refractivity contribution < 1.29 is 22.8 Å². The monoisotopic (exact) mass is 375 g/mol. The first-order chi connectivity index (χ1) is 11.3. The van der Waals surface area contributed by atoms with Gasteiger partial charge in [-0.3, -0.25) is 10.1 Å². The Morgan fingerprint density at radius 3 is 2.62 bits per heavy atom. The summed E-state index contributed by atoms with van der Waals surface area (Å²) in [6, 6.07) is 7.34. The third kappa shape index (κ3) is 3.29. The van der Waals surface area contributed by atoms with Crippen molar-refractivity contribution in [2.75, 3.05) is 0 Å². The van der Waals surface area contributed by atoms with Gasteiger partial charge in [0.1, 0.15) is 5.75 Å². The molecule has 1 aliphatic heterocycles. The van der Waals surface area contributed by atoms with Gasteiger partial charge in [0, 0.05) is 34.0 Å². The van der Waals surface area contributed by atoms with Crippen LogP contribution in [0.3, 0.4) is 0 Å². The quantitative estimate of drug-likeness (QED) is 0.507. The van der Waals surface area contributed by atoms with Crippen LogP contribution in [-0.2, 0) is 11.9 Å². The second kappa shape index (κ2) is 6.18. The van der Waals surface area contributed by atoms with Gasteiger partial charge in [-0.1, -0.05) is 17.7 Å². The first kappa shape index (κ1) is 16.9. The van der Waals surface area contributed by atoms with Crippen LogP contribution in [0.1, 0.15) is 22.1 Å². The Balaban J connectivity index is 1.87. The molecule has 0 saturated heterocycles. The summed E-state index contributed by atoms with van der Waals surface area (Å²) >= 11 is 7.28. The fraction of sp³-hybridized carbons (Fsp3) is 0.200. The van der Waals surface area contributed by atoms with E-state index in [9.17, 15) is 23.3 Å². The molecule has 0 N–H and O–H groups in total. The highest BCUT2D eigenvalue weighted by Crippen LogP contribution is 2.45. The van der Waals surface area contributed by atoms with Crippen LogP contribution in [0.15, 0.2) is 36.4 Å². The maximum atomic E-state index is 12.7. The van der Waals surface area contributed by atoms with Crippen LogP contribution in [-0.4, -0.2) is 4.92 Å². The minimum absolute atomic E-state index is 0.0345. The molecule has 1 aliphatic rings. The second-order valence-electron chi connectivity index (χ2n) is 5.04. The van der Waals surface area contributed by atoms with Crippen LogP contribution in [0.25, 0.3) is 0 Å². The Morgan fingerprint density at radius 1 is 1.25 bits per heavy atom. The molecule has 0 saturated carbocycles. The Hall–Kier alpha value is -1.93. The standard InChI is InChI=1S/C15H9ClF3NO3S/c16-12-6-9(15(17,18)19)1-3-11(12)14-23-13-4-2-10(20(21)22)5-8(13)7-24-14/h1-6,14H,7H2. The molecule has 9 heteroatoms. The van der Waals surface area contributed by atoms with Crippen LogP contribution in [0.4, 0.5) is 18.9 Å². The zero-order chi connectivity index (χ0) is 17.5. The van der Waals surface area contributed by atoms with Crippen LogP contribution < -0.4 is 4.74 Å². The number of hydrogen-bond acceptors (Lipinski definition) is 4. The van der Waals surface area contributed by atoms with Crippen LogP contribution in [0.2, 0.25) is 5.02 Å². The Labute approximate surface area is 143 Å². The minimum atomic E-state index is -4.46. The number of nitrogens with zero attached hydrogens (tertiary/aromatic N) is 1. The molecule has 0 amide bonds. The molecule has 0 radical (unpaired) electrons. The molecule has 1 unspecified atom stereocenters. The SMILES string of the molecule is O=[N+]([O-])c1ccc2c(c1)CSC(c1ccc(C(F)(F)F)cc1Cl)O2. The van der Waals surface area contributed by atoms with Gasteiger partial charge in [-0.25, -0.2) is 0 Å². The summed E-state index contributed by atoms with van der Waals surface area (Å²) in [6.07, 6.45) is -4.46. The first-order valence-corrected chi connectivity index (χ1v) is 8.10. The van der Waals surface area contributed by atoms with E-state index in [1.54, 1.807) is 0 Å². The van der Waals surface area contributed by atoms with Crippen molar-refractivity contribution in [2.45, 2.75) is 17.4 Å². The lowest BCUT2D eigenvalue weighted by atomic mass is 10.1. The highest BCUT2D eigenvalue weighted by atomic mass is 35.5. The fourth-order valence-corrected chi connectivity index (χ4v) is 3.73. The number of nitro groups is 1. The minimum Gasteiger partial charge on any atom is -0.475 e. The number of benzene rings is 2. The Morgan fingerprint density at radius 2 is 2.00 bits per heavy atom. The molecule has 0 aromatic heterocycles. The lowest BCUT2D eigenvalue weighted by molar-refractivity contribution is -0.384. The van der Waals surface area contributed by atoms with Gasteiger partial charge in [0.25, 0.3) is 5.69 Å². The molecule has 1 heterocycles. The molecule has 126 valence electrons. The predicted octanol–water partition coefficient (Wildman–Crippen LogP) is 5.59. The van der Waals surface area contributed by atoms with E-state index in [2.05, 4.69) is 0 Å². The van der Waals surface area contributed by atoms with Gasteiger partial charge in [0.2, 0.25) is 0 Å². The van der Waals surface area contributed by atoms with Crippen LogP contribution >= 0.6 is 23.4 Å². The average molecular weight is 376 g/mol. The number of rotatable bonds is 2. The first-order valence-electron chi connectivity index (χ1n) is 6.68. The molecule has 2 aromatic carbocycles. The van der Waals surface area contributed by atoms with E-state index in [0.29, 0.717) is 22.6 Å². The van der Waals surface area contributed by atoms with Crippen LogP contribution in [0.5, 0.6) is 5.75 Å².